The highest BCUT2D eigenvalue weighted by molar-refractivity contribution is 7.92. The molecule has 0 fully saturated rings. The van der Waals surface area contributed by atoms with E-state index in [0.29, 0.717) is 0 Å². The van der Waals surface area contributed by atoms with Crippen LogP contribution in [0, 0.1) is 6.92 Å². The molecule has 1 rings (SSSR count). The lowest BCUT2D eigenvalue weighted by atomic mass is 10.2. The molecule has 0 bridgehead atoms. The zero-order chi connectivity index (χ0) is 17.9. The van der Waals surface area contributed by atoms with E-state index in [1.807, 2.05) is 6.92 Å². The summed E-state index contributed by atoms with van der Waals surface area (Å²) < 4.78 is 23.6. The van der Waals surface area contributed by atoms with Gasteiger partial charge in [-0.15, -0.1) is 0 Å². The third-order valence-electron chi connectivity index (χ3n) is 2.53. The van der Waals surface area contributed by atoms with Gasteiger partial charge in [-0.05, 0) is 19.1 Å². The summed E-state index contributed by atoms with van der Waals surface area (Å²) in [6.45, 7) is 3.36. The van der Waals surface area contributed by atoms with Crippen molar-refractivity contribution in [1.82, 2.24) is 0 Å². The Morgan fingerprint density at radius 2 is 1.52 bits per heavy atom. The Morgan fingerprint density at radius 3 is 1.91 bits per heavy atom. The van der Waals surface area contributed by atoms with Crippen LogP contribution in [0.3, 0.4) is 0 Å². The highest BCUT2D eigenvalue weighted by Crippen LogP contribution is 2.12. The summed E-state index contributed by atoms with van der Waals surface area (Å²) >= 11 is 0. The average molecular weight is 342 g/mol. The molecule has 0 aromatic heterocycles. The number of hydrogen-bond donors (Lipinski definition) is 2. The van der Waals surface area contributed by atoms with E-state index >= 15 is 0 Å². The summed E-state index contributed by atoms with van der Waals surface area (Å²) in [6, 6.07) is 6.18. The number of rotatable bonds is 6. The van der Waals surface area contributed by atoms with Crippen molar-refractivity contribution in [3.63, 3.8) is 0 Å². The van der Waals surface area contributed by atoms with Gasteiger partial charge in [0.1, 0.15) is 5.75 Å². The molecule has 0 unspecified atom stereocenters. The highest BCUT2D eigenvalue weighted by atomic mass is 32.2. The fraction of sp³-hybridized carbons (Fsp3) is 0.286. The molecule has 2 N–H and O–H groups in total. The monoisotopic (exact) mass is 342 g/mol. The minimum Gasteiger partial charge on any atom is -0.411 e. The molecular weight excluding hydrogens is 324 g/mol. The molecule has 126 valence electrons. The van der Waals surface area contributed by atoms with Crippen LogP contribution >= 0.6 is 0 Å². The van der Waals surface area contributed by atoms with Gasteiger partial charge in [-0.1, -0.05) is 34.9 Å². The van der Waals surface area contributed by atoms with Crippen LogP contribution in [0.2, 0.25) is 0 Å². The molecule has 0 saturated heterocycles. The lowest BCUT2D eigenvalue weighted by Crippen LogP contribution is -2.23. The zero-order valence-corrected chi connectivity index (χ0v) is 13.5. The minimum atomic E-state index is -3.70. The molecule has 0 spiro atoms. The predicted molar refractivity (Wildman–Crippen MR) is 84.1 cm³/mol. The summed E-state index contributed by atoms with van der Waals surface area (Å²) in [5, 5.41) is 20.1. The van der Waals surface area contributed by atoms with E-state index in [4.69, 9.17) is 10.4 Å². The van der Waals surface area contributed by atoms with Gasteiger partial charge in [-0.2, -0.15) is 0 Å². The van der Waals surface area contributed by atoms with Gasteiger partial charge in [0.2, 0.25) is 5.78 Å². The van der Waals surface area contributed by atoms with E-state index in [2.05, 4.69) is 10.3 Å². The standard InChI is InChI=1S/C12H14O4S.C2H4N2O2/c1-3-11(13)12(14)8-17(15,16)10-6-4-9(2)5-7-10;5-3-1-2-4-6/h4-7H,3,8H2,1-2H3;1-2,5-6H. The fourth-order valence-electron chi connectivity index (χ4n) is 1.34. The number of Topliss-reactive ketones (excluding diaryl/α,β-unsaturated/α-hetero) is 2. The van der Waals surface area contributed by atoms with Gasteiger partial charge >= 0.3 is 0 Å². The van der Waals surface area contributed by atoms with Gasteiger partial charge in [0, 0.05) is 6.42 Å². The van der Waals surface area contributed by atoms with Gasteiger partial charge in [0.05, 0.1) is 17.3 Å². The van der Waals surface area contributed by atoms with Gasteiger partial charge in [0.15, 0.2) is 15.6 Å². The Hall–Kier alpha value is -2.55. The number of aryl methyl sites for hydroxylation is 1. The molecule has 1 aromatic rings. The maximum absolute atomic E-state index is 11.8. The van der Waals surface area contributed by atoms with E-state index in [-0.39, 0.29) is 11.3 Å². The zero-order valence-electron chi connectivity index (χ0n) is 12.7. The van der Waals surface area contributed by atoms with Crippen LogP contribution < -0.4 is 0 Å². The molecular formula is C14H18N2O6S. The van der Waals surface area contributed by atoms with Crippen LogP contribution in [-0.2, 0) is 19.4 Å². The van der Waals surface area contributed by atoms with Gasteiger partial charge in [0.25, 0.3) is 0 Å². The van der Waals surface area contributed by atoms with Crippen LogP contribution in [0.5, 0.6) is 0 Å². The number of hydrogen-bond acceptors (Lipinski definition) is 8. The van der Waals surface area contributed by atoms with E-state index in [1.54, 1.807) is 12.1 Å². The number of ketones is 2. The normalized spacial score (nSPS) is 11.2. The van der Waals surface area contributed by atoms with Gasteiger partial charge < -0.3 is 10.4 Å². The highest BCUT2D eigenvalue weighted by Gasteiger charge is 2.22. The Bertz CT molecular complexity index is 668. The van der Waals surface area contributed by atoms with E-state index in [9.17, 15) is 18.0 Å². The summed E-state index contributed by atoms with van der Waals surface area (Å²) in [6.07, 6.45) is 1.92. The molecule has 0 aliphatic heterocycles. The number of carbonyl (C=O) groups is 2. The van der Waals surface area contributed by atoms with Crippen LogP contribution in [0.15, 0.2) is 39.5 Å². The average Bonchev–Trinajstić information content (AvgIpc) is 2.52. The SMILES string of the molecule is CCC(=O)C(=O)CS(=O)(=O)c1ccc(C)cc1.ON=CC=NO. The van der Waals surface area contributed by atoms with Crippen LogP contribution in [-0.4, -0.2) is 48.6 Å². The quantitative estimate of drug-likeness (QED) is 0.345. The lowest BCUT2D eigenvalue weighted by molar-refractivity contribution is -0.134. The summed E-state index contributed by atoms with van der Waals surface area (Å²) in [5.74, 6) is -2.25. The first-order valence-corrected chi connectivity index (χ1v) is 8.12. The van der Waals surface area contributed by atoms with E-state index in [0.717, 1.165) is 18.0 Å². The van der Waals surface area contributed by atoms with Crippen molar-refractivity contribution in [2.24, 2.45) is 10.3 Å². The number of sulfone groups is 1. The first-order valence-electron chi connectivity index (χ1n) is 6.47. The smallest absolute Gasteiger partial charge is 0.213 e. The van der Waals surface area contributed by atoms with Crippen LogP contribution in [0.25, 0.3) is 0 Å². The van der Waals surface area contributed by atoms with Crippen molar-refractivity contribution in [3.8, 4) is 0 Å². The Balaban J connectivity index is 0.000000688. The maximum Gasteiger partial charge on any atom is 0.213 e. The fourth-order valence-corrected chi connectivity index (χ4v) is 2.56. The maximum atomic E-state index is 11.8. The third-order valence-corrected chi connectivity index (χ3v) is 4.17. The number of benzene rings is 1. The number of carbonyl (C=O) groups excluding carboxylic acids is 2. The molecule has 23 heavy (non-hydrogen) atoms. The van der Waals surface area contributed by atoms with E-state index < -0.39 is 27.2 Å². The Morgan fingerprint density at radius 1 is 1.04 bits per heavy atom. The van der Waals surface area contributed by atoms with Crippen LogP contribution in [0.1, 0.15) is 18.9 Å². The molecule has 0 aliphatic rings. The summed E-state index contributed by atoms with van der Waals surface area (Å²) in [4.78, 5) is 22.4. The van der Waals surface area contributed by atoms with Crippen molar-refractivity contribution < 1.29 is 28.4 Å². The molecule has 0 amide bonds. The van der Waals surface area contributed by atoms with Crippen LogP contribution in [0.4, 0.5) is 0 Å². The third kappa shape index (κ3) is 7.86. The van der Waals surface area contributed by atoms with Crippen molar-refractivity contribution in [1.29, 1.82) is 0 Å². The van der Waals surface area contributed by atoms with Crippen molar-refractivity contribution in [2.45, 2.75) is 25.2 Å². The lowest BCUT2D eigenvalue weighted by Gasteiger charge is -2.03. The minimum absolute atomic E-state index is 0.0300. The van der Waals surface area contributed by atoms with E-state index in [1.165, 1.54) is 19.1 Å². The molecule has 0 saturated carbocycles. The topological polar surface area (TPSA) is 133 Å². The molecule has 8 nitrogen and oxygen atoms in total. The molecule has 1 aromatic carbocycles. The molecule has 0 atom stereocenters. The van der Waals surface area contributed by atoms with Crippen molar-refractivity contribution in [2.75, 3.05) is 5.75 Å². The van der Waals surface area contributed by atoms with Gasteiger partial charge in [-0.25, -0.2) is 8.42 Å². The first-order chi connectivity index (χ1) is 10.8. The molecule has 0 heterocycles. The van der Waals surface area contributed by atoms with Crippen molar-refractivity contribution in [3.05, 3.63) is 29.8 Å². The summed E-state index contributed by atoms with van der Waals surface area (Å²) in [7, 11) is -3.70. The second-order valence-electron chi connectivity index (χ2n) is 4.30. The second kappa shape index (κ2) is 10.2. The van der Waals surface area contributed by atoms with Gasteiger partial charge in [-0.3, -0.25) is 9.59 Å². The number of oxime groups is 2. The van der Waals surface area contributed by atoms with Crippen molar-refractivity contribution >= 4 is 33.8 Å². The predicted octanol–water partition coefficient (Wildman–Crippen LogP) is 1.22. The number of nitrogens with zero attached hydrogens (tertiary/aromatic N) is 2. The Kier molecular flexibility index (Phi) is 9.09. The molecule has 9 heteroatoms. The Labute approximate surface area is 134 Å². The first kappa shape index (κ1) is 20.5. The largest absolute Gasteiger partial charge is 0.411 e. The molecule has 0 radical (unpaired) electrons. The second-order valence-corrected chi connectivity index (χ2v) is 6.29. The summed E-state index contributed by atoms with van der Waals surface area (Å²) in [5.41, 5.74) is 0.930. The molecule has 0 aliphatic carbocycles.